The molecule has 5 atom stereocenters. The Morgan fingerprint density at radius 2 is 1.87 bits per heavy atom. The maximum atomic E-state index is 14.9. The summed E-state index contributed by atoms with van der Waals surface area (Å²) in [6.07, 6.45) is 12.6. The maximum absolute atomic E-state index is 14.9. The first kappa shape index (κ1) is 38.8. The summed E-state index contributed by atoms with van der Waals surface area (Å²) < 4.78 is 45.9. The van der Waals surface area contributed by atoms with Gasteiger partial charge in [-0.2, -0.15) is 0 Å². The molecular weight excluding hydrogens is 725 g/mol. The number of fused-ring (bicyclic) bond motifs is 3. The van der Waals surface area contributed by atoms with Gasteiger partial charge in [-0.05, 0) is 68.0 Å². The smallest absolute Gasteiger partial charge is 0.306 e. The van der Waals surface area contributed by atoms with Gasteiger partial charge in [-0.3, -0.25) is 23.9 Å². The molecule has 0 unspecified atom stereocenters. The second-order valence-electron chi connectivity index (χ2n) is 16.7. The van der Waals surface area contributed by atoms with Crippen molar-refractivity contribution in [1.29, 1.82) is 0 Å². The van der Waals surface area contributed by atoms with Gasteiger partial charge < -0.3 is 24.4 Å². The first-order chi connectivity index (χ1) is 26.2. The lowest BCUT2D eigenvalue weighted by molar-refractivity contribution is -0.154. The quantitative estimate of drug-likeness (QED) is 0.280. The number of sulfonamides is 1. The summed E-state index contributed by atoms with van der Waals surface area (Å²) in [4.78, 5) is 62.5. The van der Waals surface area contributed by atoms with Crippen LogP contribution in [0.1, 0.15) is 90.0 Å². The minimum atomic E-state index is -3.89. The fourth-order valence-corrected chi connectivity index (χ4v) is 9.79. The number of nitrogens with one attached hydrogen (secondary N) is 2. The molecule has 3 amide bonds. The molecule has 7 rings (SSSR count). The Balaban J connectivity index is 1.25. The molecule has 2 aliphatic heterocycles. The van der Waals surface area contributed by atoms with Gasteiger partial charge in [-0.15, -0.1) is 6.58 Å². The highest BCUT2D eigenvalue weighted by Gasteiger charge is 2.62. The SMILES string of the molecule is C=C[C@H]1C[C@]1(NC(=O)[C@@H]1C[C@@H]2CN1C(=O)[C@H](C1CCCCC1)CC(=O)OCC(C)(C)C/C=C/c1cc3c(nccc3cc1OC)O2)C(=O)NS(=O)(=O)C1CC1. The summed E-state index contributed by atoms with van der Waals surface area (Å²) >= 11 is 0. The predicted molar refractivity (Wildman–Crippen MR) is 205 cm³/mol. The van der Waals surface area contributed by atoms with Crippen LogP contribution in [0.15, 0.2) is 43.1 Å². The van der Waals surface area contributed by atoms with Gasteiger partial charge in [-0.25, -0.2) is 13.4 Å². The van der Waals surface area contributed by atoms with E-state index in [0.717, 1.165) is 48.4 Å². The van der Waals surface area contributed by atoms with Crippen LogP contribution < -0.4 is 19.5 Å². The highest BCUT2D eigenvalue weighted by molar-refractivity contribution is 7.91. The van der Waals surface area contributed by atoms with E-state index in [1.54, 1.807) is 13.3 Å². The molecule has 2 N–H and O–H groups in total. The molecule has 1 aromatic heterocycles. The van der Waals surface area contributed by atoms with Gasteiger partial charge in [0.1, 0.15) is 23.4 Å². The number of pyridine rings is 1. The van der Waals surface area contributed by atoms with Crippen LogP contribution in [0.25, 0.3) is 16.8 Å². The van der Waals surface area contributed by atoms with Gasteiger partial charge in [0.25, 0.3) is 5.91 Å². The van der Waals surface area contributed by atoms with Crippen molar-refractivity contribution in [2.75, 3.05) is 20.3 Å². The normalized spacial score (nSPS) is 29.3. The van der Waals surface area contributed by atoms with Crippen molar-refractivity contribution in [3.8, 4) is 11.6 Å². The molecule has 1 aromatic carbocycles. The molecule has 14 heteroatoms. The highest BCUT2D eigenvalue weighted by atomic mass is 32.2. The summed E-state index contributed by atoms with van der Waals surface area (Å²) in [7, 11) is -2.28. The van der Waals surface area contributed by atoms with Crippen LogP contribution >= 0.6 is 0 Å². The van der Waals surface area contributed by atoms with Crippen LogP contribution in [0.3, 0.4) is 0 Å². The van der Waals surface area contributed by atoms with Gasteiger partial charge in [0.05, 0.1) is 37.9 Å². The average molecular weight is 777 g/mol. The third kappa shape index (κ3) is 8.24. The number of carbonyl (C=O) groups is 4. The molecule has 3 saturated carbocycles. The van der Waals surface area contributed by atoms with E-state index in [1.807, 2.05) is 44.2 Å². The van der Waals surface area contributed by atoms with E-state index in [9.17, 15) is 27.6 Å². The molecule has 5 aliphatic rings. The van der Waals surface area contributed by atoms with Gasteiger partial charge in [-0.1, -0.05) is 51.3 Å². The highest BCUT2D eigenvalue weighted by Crippen LogP contribution is 2.46. The lowest BCUT2D eigenvalue weighted by Crippen LogP contribution is -2.57. The van der Waals surface area contributed by atoms with Crippen molar-refractivity contribution in [3.05, 3.63) is 48.7 Å². The van der Waals surface area contributed by atoms with Crippen LogP contribution in [0.5, 0.6) is 11.6 Å². The summed E-state index contributed by atoms with van der Waals surface area (Å²) in [5.74, 6) is -2.56. The summed E-state index contributed by atoms with van der Waals surface area (Å²) in [5.41, 5.74) is -1.13. The maximum Gasteiger partial charge on any atom is 0.306 e. The molecule has 0 radical (unpaired) electrons. The predicted octanol–water partition coefficient (Wildman–Crippen LogP) is 4.83. The zero-order valence-electron chi connectivity index (χ0n) is 31.9. The molecule has 1 saturated heterocycles. The van der Waals surface area contributed by atoms with Crippen LogP contribution in [-0.2, 0) is 33.9 Å². The number of allylic oxidation sites excluding steroid dienone is 1. The number of carbonyl (C=O) groups excluding carboxylic acids is 4. The number of hydrogen-bond acceptors (Lipinski definition) is 10. The van der Waals surface area contributed by atoms with E-state index < -0.39 is 68.0 Å². The topological polar surface area (TPSA) is 170 Å². The zero-order valence-corrected chi connectivity index (χ0v) is 32.7. The van der Waals surface area contributed by atoms with Crippen molar-refractivity contribution in [2.45, 2.75) is 107 Å². The Labute approximate surface area is 322 Å². The fourth-order valence-electron chi connectivity index (χ4n) is 8.43. The lowest BCUT2D eigenvalue weighted by atomic mass is 9.77. The molecule has 13 nitrogen and oxygen atoms in total. The van der Waals surface area contributed by atoms with Crippen molar-refractivity contribution in [3.63, 3.8) is 0 Å². The largest absolute Gasteiger partial charge is 0.496 e. The molecule has 3 aliphatic carbocycles. The first-order valence-corrected chi connectivity index (χ1v) is 21.0. The summed E-state index contributed by atoms with van der Waals surface area (Å²) in [6.45, 7) is 8.02. The number of aromatic nitrogens is 1. The third-order valence-electron chi connectivity index (χ3n) is 12.0. The van der Waals surface area contributed by atoms with Gasteiger partial charge in [0, 0.05) is 34.9 Å². The van der Waals surface area contributed by atoms with Gasteiger partial charge >= 0.3 is 5.97 Å². The van der Waals surface area contributed by atoms with E-state index >= 15 is 0 Å². The van der Waals surface area contributed by atoms with Crippen molar-refractivity contribution in [1.82, 2.24) is 19.9 Å². The Hall–Kier alpha value is -4.46. The number of methoxy groups -OCH3 is 1. The second kappa shape index (κ2) is 15.2. The van der Waals surface area contributed by atoms with E-state index in [4.69, 9.17) is 14.2 Å². The molecule has 0 spiro atoms. The molecule has 3 heterocycles. The number of rotatable bonds is 8. The van der Waals surface area contributed by atoms with Crippen molar-refractivity contribution >= 4 is 50.6 Å². The Morgan fingerprint density at radius 1 is 1.11 bits per heavy atom. The van der Waals surface area contributed by atoms with Crippen LogP contribution in [0, 0.1) is 23.2 Å². The molecular formula is C41H52N4O9S. The zero-order chi connectivity index (χ0) is 39.1. The average Bonchev–Trinajstić information content (AvgIpc) is 4.09. The number of nitrogens with zero attached hydrogens (tertiary/aromatic N) is 2. The van der Waals surface area contributed by atoms with Crippen molar-refractivity contribution < 1.29 is 41.8 Å². The van der Waals surface area contributed by atoms with E-state index in [1.165, 1.54) is 11.0 Å². The number of benzene rings is 1. The van der Waals surface area contributed by atoms with Crippen LogP contribution in [-0.4, -0.2) is 85.2 Å². The Kier molecular flexibility index (Phi) is 10.7. The van der Waals surface area contributed by atoms with E-state index in [2.05, 4.69) is 21.6 Å². The summed E-state index contributed by atoms with van der Waals surface area (Å²) in [6, 6.07) is 4.62. The van der Waals surface area contributed by atoms with Crippen LogP contribution in [0.4, 0.5) is 0 Å². The third-order valence-corrected chi connectivity index (χ3v) is 13.8. The molecule has 4 bridgehead atoms. The van der Waals surface area contributed by atoms with Crippen LogP contribution in [0.2, 0.25) is 0 Å². The molecule has 296 valence electrons. The lowest BCUT2D eigenvalue weighted by Gasteiger charge is -2.34. The fraction of sp³-hybridized carbons (Fsp3) is 0.585. The van der Waals surface area contributed by atoms with Gasteiger partial charge in [0.2, 0.25) is 27.7 Å². The molecule has 2 aromatic rings. The van der Waals surface area contributed by atoms with E-state index in [-0.39, 0.29) is 44.2 Å². The van der Waals surface area contributed by atoms with Crippen molar-refractivity contribution in [2.24, 2.45) is 23.2 Å². The number of ether oxygens (including phenoxy) is 3. The van der Waals surface area contributed by atoms with E-state index in [0.29, 0.717) is 30.9 Å². The number of hydrogen-bond donors (Lipinski definition) is 2. The Bertz CT molecular complexity index is 2000. The molecule has 4 fully saturated rings. The minimum Gasteiger partial charge on any atom is -0.496 e. The first-order valence-electron chi connectivity index (χ1n) is 19.5. The standard InChI is InChI=1S/C41H52N4O9S/c1-5-28-22-41(28,39(49)44-55(50,51)30-13-14-30)43-36(47)33-20-29-23-45(33)38(48)32(25-10-7-6-8-11-25)21-35(46)53-24-40(2,3)16-9-12-27-18-31-26(19-34(27)52-4)15-17-42-37(31)54-29/h5,9,12,15,17-19,25,28-30,32-33H,1,6-8,10-11,13-14,16,20-24H2,2-4H3,(H,43,47)(H,44,49)/b12-9+/t28-,29+,32-,33-,41+/m0/s1. The Morgan fingerprint density at radius 3 is 2.56 bits per heavy atom. The second-order valence-corrected chi connectivity index (χ2v) is 18.7. The number of esters is 1. The number of cyclic esters (lactones) is 1. The number of amides is 3. The molecule has 55 heavy (non-hydrogen) atoms. The minimum absolute atomic E-state index is 0.0311. The summed E-state index contributed by atoms with van der Waals surface area (Å²) in [5, 5.41) is 3.78. The monoisotopic (exact) mass is 776 g/mol. The van der Waals surface area contributed by atoms with Gasteiger partial charge in [0.15, 0.2) is 0 Å².